The van der Waals surface area contributed by atoms with Gasteiger partial charge in [0.25, 0.3) is 0 Å². The first-order chi connectivity index (χ1) is 66.9. The number of nitrogens with zero attached hydrogens (tertiary/aromatic N) is 15. The molecule has 2 aliphatic rings. The van der Waals surface area contributed by atoms with Crippen LogP contribution in [0.25, 0.3) is 0 Å². The summed E-state index contributed by atoms with van der Waals surface area (Å²) in [5, 5.41) is 40.0. The van der Waals surface area contributed by atoms with Crippen molar-refractivity contribution in [2.24, 2.45) is 4.99 Å². The number of amides is 1. The number of carbonyl (C=O) groups is 5. The van der Waals surface area contributed by atoms with Gasteiger partial charge in [0, 0.05) is 163 Å². The fraction of sp³-hybridized carbons (Fsp3) is 0.384. The molecule has 12 aromatic rings. The highest BCUT2D eigenvalue weighted by Crippen LogP contribution is 2.32. The van der Waals surface area contributed by atoms with Gasteiger partial charge in [-0.05, 0) is 174 Å². The lowest BCUT2D eigenvalue weighted by molar-refractivity contribution is -0.114. The molecule has 0 unspecified atom stereocenters. The highest BCUT2D eigenvalue weighted by Gasteiger charge is 2.23. The number of aryl methyl sites for hydroxylation is 8. The standard InChI is InChI=1S/C24H29ClN6OS.C18H15Cl2N3OS.C13H13ClN2OS.C12H11ClN2OS.C9H9Cl2NO.C6H14N2O.C5H4Cl2N2.C5H11N3S.C2H6O.2C2H6.CH4.HI/c1-4-8-30-9-11-31(12-10-30)23-14-22(27-17(3)28-23)29-24-26-15-21(33-24)20(32)13-18-16(2)6-5-7-19(18)25;1-10-4-3-5-14(19)13(10)8-16(24)15-9-25-18(23-15)7-12-6-17(20)22-11(2)21-12;1-8-4-3-5-10(14)9(8)6-11(17)12-7-16-13(15-2)18-12;1-7-3-2-4-9(13)8(7)5-10(16)11-6-15-12(14)17-11;1-6-3-2-4-7(11)9(6)12-8(13)5-10;9-6-5-8-3-1-7-2-4-8;1-3-8-4(6)2-5(7)9-3;1-6-5(9)7-4-8(2)3;1-2-3;2*1-2;;/h5-7,14-15H,4,8-13H2,1-3H3,(H,26,27,28,29);3-6,9H,7-8H2,1-2H3;3-5,7H,6H2,1-2H3,(H,15,16);2-4,6H,5H2,1H3,(H2,14,15);2-4H,5H2,1H3,(H,12,13);7,9H,1-6H2;2H,1H3;4H,1-3H3,(H,6,9);3H,2H2,1H3;2*1-2H3;1H4;1H. The topological polar surface area (TPSA) is 366 Å². The molecule has 2 fully saturated rings. The highest BCUT2D eigenvalue weighted by molar-refractivity contribution is 14.0. The lowest BCUT2D eigenvalue weighted by Gasteiger charge is -2.35. The molecule has 43 heteroatoms. The molecule has 28 nitrogen and oxygen atoms in total. The number of halogens is 10. The van der Waals surface area contributed by atoms with Gasteiger partial charge in [0.05, 0.1) is 67.6 Å². The third-order valence-electron chi connectivity index (χ3n) is 19.3. The number of aliphatic hydroxyl groups excluding tert-OH is 2. The average Bonchev–Trinajstić information content (AvgIpc) is 1.67. The number of anilines is 6. The molecule has 0 saturated carbocycles. The number of aliphatic hydroxyl groups is 2. The number of carbonyl (C=O) groups excluding carboxylic acids is 5. The van der Waals surface area contributed by atoms with Crippen LogP contribution in [0.1, 0.15) is 173 Å². The smallest absolute Gasteiger partial charge is 0.239 e. The molecular formula is C99H129Cl9IN21O7S5. The third-order valence-corrected chi connectivity index (χ3v) is 25.9. The molecule has 0 radical (unpaired) electrons. The van der Waals surface area contributed by atoms with Crippen molar-refractivity contribution < 1.29 is 34.2 Å². The van der Waals surface area contributed by atoms with Crippen LogP contribution in [0.5, 0.6) is 0 Å². The molecule has 0 spiro atoms. The van der Waals surface area contributed by atoms with Gasteiger partial charge in [-0.15, -0.1) is 46.9 Å². The first kappa shape index (κ1) is 130. The molecule has 2 saturated heterocycles. The maximum Gasteiger partial charge on any atom is 0.239 e. The van der Waals surface area contributed by atoms with Gasteiger partial charge in [0.1, 0.15) is 56.1 Å². The number of aromatic nitrogens is 10. The minimum atomic E-state index is -0.252. The Labute approximate surface area is 919 Å². The molecule has 0 aliphatic carbocycles. The predicted octanol–water partition coefficient (Wildman–Crippen LogP) is 23.6. The number of piperazine rings is 2. The third kappa shape index (κ3) is 47.9. The summed E-state index contributed by atoms with van der Waals surface area (Å²) in [5.41, 5.74) is 15.8. The molecular weight excluding hydrogens is 2200 g/mol. The van der Waals surface area contributed by atoms with E-state index in [0.717, 1.165) is 137 Å². The van der Waals surface area contributed by atoms with Gasteiger partial charge in [-0.1, -0.05) is 230 Å². The second-order valence-corrected chi connectivity index (χ2v) is 38.0. The van der Waals surface area contributed by atoms with Gasteiger partial charge in [-0.2, -0.15) is 0 Å². The molecule has 14 rings (SSSR count). The Kier molecular flexibility index (Phi) is 65.1. The minimum absolute atomic E-state index is 0. The van der Waals surface area contributed by atoms with E-state index in [1.54, 1.807) is 83.2 Å². The maximum absolute atomic E-state index is 12.8. The van der Waals surface area contributed by atoms with Crippen molar-refractivity contribution in [1.82, 2.24) is 75.2 Å². The van der Waals surface area contributed by atoms with E-state index in [1.165, 1.54) is 64.0 Å². The second-order valence-electron chi connectivity index (χ2n) is 30.1. The minimum Gasteiger partial charge on any atom is -0.397 e. The van der Waals surface area contributed by atoms with Gasteiger partial charge in [-0.25, -0.2) is 54.8 Å². The predicted molar refractivity (Wildman–Crippen MR) is 613 cm³/mol. The van der Waals surface area contributed by atoms with Crippen LogP contribution in [0.3, 0.4) is 0 Å². The van der Waals surface area contributed by atoms with Crippen molar-refractivity contribution in [3.63, 3.8) is 0 Å². The van der Waals surface area contributed by atoms with Gasteiger partial charge in [0.2, 0.25) is 5.91 Å². The van der Waals surface area contributed by atoms with Crippen LogP contribution < -0.4 is 37.2 Å². The van der Waals surface area contributed by atoms with Gasteiger partial charge in [-0.3, -0.25) is 33.8 Å². The van der Waals surface area contributed by atoms with E-state index in [1.807, 2.05) is 167 Å². The number of Topliss-reactive ketones (excluding diaryl/α,β-unsaturated/α-hetero) is 4. The average molecular weight is 2330 g/mol. The number of thiocarbonyl (C=S) groups is 1. The Morgan fingerprint density at radius 3 is 1.37 bits per heavy atom. The molecule has 5 aromatic carbocycles. The number of benzene rings is 5. The van der Waals surface area contributed by atoms with Crippen molar-refractivity contribution in [2.45, 2.75) is 143 Å². The highest BCUT2D eigenvalue weighted by atomic mass is 127. The largest absolute Gasteiger partial charge is 0.397 e. The number of alkyl halides is 1. The van der Waals surface area contributed by atoms with Crippen LogP contribution in [0, 0.1) is 55.4 Å². The normalized spacial score (nSPS) is 11.6. The number of nitrogens with two attached hydrogens (primary N) is 1. The summed E-state index contributed by atoms with van der Waals surface area (Å²) in [5.74, 6) is 3.19. The quantitative estimate of drug-likeness (QED) is 0.00501. The number of rotatable bonds is 25. The fourth-order valence-electron chi connectivity index (χ4n) is 12.5. The molecule has 9 N–H and O–H groups in total. The van der Waals surface area contributed by atoms with Crippen molar-refractivity contribution in [2.75, 3.05) is 139 Å². The number of thiazole rings is 4. The summed E-state index contributed by atoms with van der Waals surface area (Å²) in [7, 11) is 7.31. The van der Waals surface area contributed by atoms with Crippen LogP contribution in [0.2, 0.25) is 40.6 Å². The summed E-state index contributed by atoms with van der Waals surface area (Å²) in [4.78, 5) is 117. The number of β-amino-alcohol motifs (C(OH)–C–C–N with tert-alkyl or cyclic N) is 1. The number of aliphatic imine (C=N–C) groups is 1. The van der Waals surface area contributed by atoms with Crippen LogP contribution in [0.15, 0.2) is 138 Å². The molecule has 9 heterocycles. The lowest BCUT2D eigenvalue weighted by Crippen LogP contribution is -2.46. The molecule has 772 valence electrons. The van der Waals surface area contributed by atoms with Crippen LogP contribution >= 0.6 is 186 Å². The number of nitrogen functional groups attached to an aromatic ring is 1. The van der Waals surface area contributed by atoms with Gasteiger partial charge in [0.15, 0.2) is 43.6 Å². The number of ketones is 4. The molecule has 142 heavy (non-hydrogen) atoms. The Morgan fingerprint density at radius 2 is 0.965 bits per heavy atom. The van der Waals surface area contributed by atoms with Gasteiger partial charge < -0.3 is 52.3 Å². The Morgan fingerprint density at radius 1 is 0.542 bits per heavy atom. The summed E-state index contributed by atoms with van der Waals surface area (Å²) >= 11 is 63.0. The van der Waals surface area contributed by atoms with Crippen molar-refractivity contribution >= 4 is 259 Å². The van der Waals surface area contributed by atoms with Crippen LogP contribution in [-0.4, -0.2) is 228 Å². The van der Waals surface area contributed by atoms with E-state index in [0.29, 0.717) is 125 Å². The van der Waals surface area contributed by atoms with E-state index in [-0.39, 0.29) is 92.2 Å². The van der Waals surface area contributed by atoms with Crippen molar-refractivity contribution in [1.29, 1.82) is 0 Å². The molecule has 7 aromatic heterocycles. The number of hydrogen-bond donors (Lipinski definition) is 8. The summed E-state index contributed by atoms with van der Waals surface area (Å²) < 4.78 is 0. The van der Waals surface area contributed by atoms with E-state index < -0.39 is 0 Å². The monoisotopic (exact) mass is 2330 g/mol. The van der Waals surface area contributed by atoms with E-state index in [4.69, 9.17) is 133 Å². The first-order valence-electron chi connectivity index (χ1n) is 44.7. The van der Waals surface area contributed by atoms with Gasteiger partial charge >= 0.3 is 0 Å². The molecule has 0 atom stereocenters. The Balaban J connectivity index is 0.000000564. The summed E-state index contributed by atoms with van der Waals surface area (Å²) in [6.45, 7) is 37.8. The number of hydrogen-bond acceptors (Lipinski definition) is 29. The zero-order valence-corrected chi connectivity index (χ0v) is 95.5. The van der Waals surface area contributed by atoms with Crippen LogP contribution in [-0.2, 0) is 36.9 Å². The lowest BCUT2D eigenvalue weighted by atomic mass is 10.0. The van der Waals surface area contributed by atoms with E-state index in [2.05, 4.69) is 103 Å². The Bertz CT molecular complexity index is 5730. The maximum atomic E-state index is 12.8. The molecule has 1 amide bonds. The molecule has 2 aliphatic heterocycles. The van der Waals surface area contributed by atoms with Crippen molar-refractivity contribution in [3.8, 4) is 0 Å². The summed E-state index contributed by atoms with van der Waals surface area (Å²) in [6.07, 6.45) is 9.18. The summed E-state index contributed by atoms with van der Waals surface area (Å²) in [6, 6.07) is 33.1. The Hall–Kier alpha value is -8.29. The number of para-hydroxylation sites is 1. The zero-order valence-electron chi connectivity index (χ0n) is 82.3. The van der Waals surface area contributed by atoms with E-state index in [9.17, 15) is 24.0 Å². The fourth-order valence-corrected chi connectivity index (χ4v) is 17.7. The van der Waals surface area contributed by atoms with Crippen LogP contribution in [0.4, 0.5) is 32.7 Å². The number of nitrogens with one attached hydrogen (secondary N) is 5. The first-order valence-corrected chi connectivity index (χ1v) is 52.0. The van der Waals surface area contributed by atoms with Crippen molar-refractivity contribution in [3.05, 3.63) is 272 Å². The second kappa shape index (κ2) is 71.3. The zero-order chi connectivity index (χ0) is 104. The SMILES string of the molecule is C.CC.CC.CCCN1CCN(c2cc(Nc3ncc(C(=O)Cc4c(C)cccc4Cl)s3)nc(C)n2)CC1.CCO.CNC(=S)N=CN(C)C.CNc1ncc(C(=O)Cc2c(C)cccc2Cl)s1.Cc1cccc(Cl)c1CC(=O)c1cnc(N)s1.Cc1cccc(Cl)c1NC(=O)CCl.Cc1nc(Cl)cc(Cc2nc(C(=O)Cc3c(C)cccc3Cl)cs2)n1.Cc1nc(Cl)cc(Cl)n1.I.OCCN1CCNCC1. The van der Waals surface area contributed by atoms with E-state index >= 15 is 0 Å². The molecule has 0 bridgehead atoms.